The Bertz CT molecular complexity index is 926. The zero-order chi connectivity index (χ0) is 23.0. The number of aliphatic carboxylic acids is 2. The SMILES string of the molecule is COc1cc2c(cc1OC)C(C)[NH+](Cc1ccc(Cl)cc1)CC2.O=C([O-])/C=C/C(=O)O. The van der Waals surface area contributed by atoms with Crippen LogP contribution in [0, 0.1) is 0 Å². The van der Waals surface area contributed by atoms with Crippen LogP contribution in [-0.2, 0) is 22.6 Å². The Labute approximate surface area is 186 Å². The highest BCUT2D eigenvalue weighted by atomic mass is 35.5. The summed E-state index contributed by atoms with van der Waals surface area (Å²) in [5.74, 6) is -1.17. The molecule has 0 bridgehead atoms. The van der Waals surface area contributed by atoms with Crippen LogP contribution in [0.4, 0.5) is 0 Å². The molecule has 3 rings (SSSR count). The van der Waals surface area contributed by atoms with Crippen LogP contribution in [0.1, 0.15) is 29.7 Å². The summed E-state index contributed by atoms with van der Waals surface area (Å²) < 4.78 is 10.9. The number of carboxylic acids is 2. The van der Waals surface area contributed by atoms with E-state index in [0.717, 1.165) is 36.0 Å². The first kappa shape index (κ1) is 24.2. The van der Waals surface area contributed by atoms with Crippen molar-refractivity contribution in [1.29, 1.82) is 0 Å². The van der Waals surface area contributed by atoms with Crippen molar-refractivity contribution in [2.45, 2.75) is 25.9 Å². The number of hydrogen-bond donors (Lipinski definition) is 2. The van der Waals surface area contributed by atoms with Crippen molar-refractivity contribution in [3.05, 3.63) is 70.3 Å². The molecule has 0 amide bonds. The molecule has 0 saturated heterocycles. The van der Waals surface area contributed by atoms with Crippen molar-refractivity contribution in [3.63, 3.8) is 0 Å². The number of rotatable bonds is 6. The minimum atomic E-state index is -1.51. The van der Waals surface area contributed by atoms with Crippen LogP contribution in [0.25, 0.3) is 0 Å². The lowest BCUT2D eigenvalue weighted by atomic mass is 9.92. The quantitative estimate of drug-likeness (QED) is 0.650. The predicted octanol–water partition coefficient (Wildman–Crippen LogP) is 1.44. The molecule has 8 heteroatoms. The molecule has 1 aliphatic heterocycles. The van der Waals surface area contributed by atoms with E-state index >= 15 is 0 Å². The first-order chi connectivity index (χ1) is 14.7. The van der Waals surface area contributed by atoms with E-state index in [0.29, 0.717) is 18.2 Å². The number of nitrogens with one attached hydrogen (secondary N) is 1. The summed E-state index contributed by atoms with van der Waals surface area (Å²) >= 11 is 5.98. The summed E-state index contributed by atoms with van der Waals surface area (Å²) in [6, 6.07) is 12.9. The molecule has 7 nitrogen and oxygen atoms in total. The van der Waals surface area contributed by atoms with E-state index < -0.39 is 11.9 Å². The molecule has 166 valence electrons. The van der Waals surface area contributed by atoms with Crippen molar-refractivity contribution >= 4 is 23.5 Å². The Balaban J connectivity index is 0.000000366. The zero-order valence-electron chi connectivity index (χ0n) is 17.7. The molecule has 1 heterocycles. The summed E-state index contributed by atoms with van der Waals surface area (Å²) in [5.41, 5.74) is 4.05. The van der Waals surface area contributed by atoms with E-state index in [1.807, 2.05) is 12.1 Å². The maximum Gasteiger partial charge on any atom is 0.328 e. The van der Waals surface area contributed by atoms with E-state index in [1.165, 1.54) is 16.7 Å². The van der Waals surface area contributed by atoms with E-state index in [2.05, 4.69) is 31.2 Å². The molecule has 0 aliphatic carbocycles. The van der Waals surface area contributed by atoms with Gasteiger partial charge in [-0.3, -0.25) is 0 Å². The first-order valence-electron chi connectivity index (χ1n) is 9.71. The molecule has 0 aromatic heterocycles. The largest absolute Gasteiger partial charge is 0.545 e. The Morgan fingerprint density at radius 2 is 1.77 bits per heavy atom. The smallest absolute Gasteiger partial charge is 0.328 e. The van der Waals surface area contributed by atoms with Crippen LogP contribution in [0.2, 0.25) is 5.02 Å². The lowest BCUT2D eigenvalue weighted by Crippen LogP contribution is -3.11. The molecule has 0 spiro atoms. The number of halogens is 1. The number of hydrogen-bond acceptors (Lipinski definition) is 5. The van der Waals surface area contributed by atoms with Gasteiger partial charge in [0, 0.05) is 28.6 Å². The fraction of sp³-hybridized carbons (Fsp3) is 0.304. The number of ether oxygens (including phenoxy) is 2. The molecule has 2 aromatic carbocycles. The van der Waals surface area contributed by atoms with Crippen LogP contribution in [0.3, 0.4) is 0 Å². The van der Waals surface area contributed by atoms with Gasteiger partial charge < -0.3 is 29.4 Å². The predicted molar refractivity (Wildman–Crippen MR) is 114 cm³/mol. The van der Waals surface area contributed by atoms with Gasteiger partial charge in [-0.25, -0.2) is 4.79 Å². The average molecular weight is 448 g/mol. The Morgan fingerprint density at radius 1 is 1.16 bits per heavy atom. The molecule has 2 N–H and O–H groups in total. The van der Waals surface area contributed by atoms with E-state index in [4.69, 9.17) is 26.2 Å². The van der Waals surface area contributed by atoms with E-state index in [1.54, 1.807) is 19.1 Å². The topological polar surface area (TPSA) is 100 Å². The number of carbonyl (C=O) groups excluding carboxylic acids is 1. The molecular formula is C23H26ClNO6. The maximum atomic E-state index is 9.53. The van der Waals surface area contributed by atoms with Gasteiger partial charge >= 0.3 is 5.97 Å². The summed E-state index contributed by atoms with van der Waals surface area (Å²) in [5, 5.41) is 18.0. The van der Waals surface area contributed by atoms with Crippen LogP contribution >= 0.6 is 11.6 Å². The van der Waals surface area contributed by atoms with E-state index in [-0.39, 0.29) is 0 Å². The third kappa shape index (κ3) is 7.01. The summed E-state index contributed by atoms with van der Waals surface area (Å²) in [6.07, 6.45) is 2.00. The Morgan fingerprint density at radius 3 is 2.29 bits per heavy atom. The zero-order valence-corrected chi connectivity index (χ0v) is 18.4. The third-order valence-corrected chi connectivity index (χ3v) is 5.40. The molecule has 0 saturated carbocycles. The van der Waals surface area contributed by atoms with Crippen molar-refractivity contribution < 1.29 is 34.2 Å². The van der Waals surface area contributed by atoms with Crippen LogP contribution in [0.15, 0.2) is 48.6 Å². The van der Waals surface area contributed by atoms with Crippen molar-refractivity contribution in [2.75, 3.05) is 20.8 Å². The van der Waals surface area contributed by atoms with Gasteiger partial charge in [0.05, 0.1) is 26.7 Å². The third-order valence-electron chi connectivity index (χ3n) is 5.15. The second-order valence-corrected chi connectivity index (χ2v) is 7.52. The van der Waals surface area contributed by atoms with Gasteiger partial charge in [-0.1, -0.05) is 23.7 Å². The van der Waals surface area contributed by atoms with Crippen molar-refractivity contribution in [2.24, 2.45) is 0 Å². The molecule has 0 radical (unpaired) electrons. The number of methoxy groups -OCH3 is 2. The van der Waals surface area contributed by atoms with Gasteiger partial charge in [0.15, 0.2) is 11.5 Å². The van der Waals surface area contributed by atoms with Crippen LogP contribution in [-0.4, -0.2) is 37.8 Å². The minimum Gasteiger partial charge on any atom is -0.545 e. The number of carboxylic acid groups (broad SMARTS) is 2. The Kier molecular flexibility index (Phi) is 8.90. The molecular weight excluding hydrogens is 422 g/mol. The van der Waals surface area contributed by atoms with Gasteiger partial charge in [0.1, 0.15) is 12.6 Å². The highest BCUT2D eigenvalue weighted by Gasteiger charge is 2.29. The second-order valence-electron chi connectivity index (χ2n) is 7.08. The van der Waals surface area contributed by atoms with Crippen LogP contribution in [0.5, 0.6) is 11.5 Å². The second kappa shape index (κ2) is 11.4. The monoisotopic (exact) mass is 447 g/mol. The maximum absolute atomic E-state index is 9.53. The number of quaternary nitrogens is 1. The molecule has 31 heavy (non-hydrogen) atoms. The molecule has 1 aliphatic rings. The van der Waals surface area contributed by atoms with Crippen LogP contribution < -0.4 is 19.5 Å². The number of carbonyl (C=O) groups is 2. The number of benzene rings is 2. The lowest BCUT2D eigenvalue weighted by Gasteiger charge is -2.33. The fourth-order valence-electron chi connectivity index (χ4n) is 3.53. The van der Waals surface area contributed by atoms with Crippen molar-refractivity contribution in [3.8, 4) is 11.5 Å². The Hall–Kier alpha value is -3.03. The minimum absolute atomic E-state index is 0.425. The van der Waals surface area contributed by atoms with Gasteiger partial charge in [-0.05, 0) is 42.8 Å². The van der Waals surface area contributed by atoms with E-state index in [9.17, 15) is 14.7 Å². The fourth-order valence-corrected chi connectivity index (χ4v) is 3.66. The molecule has 2 aromatic rings. The lowest BCUT2D eigenvalue weighted by molar-refractivity contribution is -0.945. The summed E-state index contributed by atoms with van der Waals surface area (Å²) in [6.45, 7) is 4.41. The average Bonchev–Trinajstić information content (AvgIpc) is 2.75. The molecule has 2 atom stereocenters. The highest BCUT2D eigenvalue weighted by molar-refractivity contribution is 6.30. The molecule has 0 fully saturated rings. The van der Waals surface area contributed by atoms with Gasteiger partial charge in [-0.15, -0.1) is 0 Å². The standard InChI is InChI=1S/C19H22ClNO2.C4H4O4/c1-13-17-11-19(23-3)18(22-2)10-15(17)8-9-21(13)12-14-4-6-16(20)7-5-14;5-3(6)1-2-4(7)8/h4-7,10-11,13H,8-9,12H2,1-3H3;1-2H,(H,5,6)(H,7,8)/b;2-1+. The van der Waals surface area contributed by atoms with Gasteiger partial charge in [0.2, 0.25) is 0 Å². The van der Waals surface area contributed by atoms with Crippen molar-refractivity contribution in [1.82, 2.24) is 0 Å². The number of fused-ring (bicyclic) bond motifs is 1. The first-order valence-corrected chi connectivity index (χ1v) is 10.1. The normalized spacial score (nSPS) is 17.3. The highest BCUT2D eigenvalue weighted by Crippen LogP contribution is 2.34. The van der Waals surface area contributed by atoms with Gasteiger partial charge in [0.25, 0.3) is 0 Å². The summed E-state index contributed by atoms with van der Waals surface area (Å²) in [7, 11) is 3.38. The summed E-state index contributed by atoms with van der Waals surface area (Å²) in [4.78, 5) is 20.5. The molecule has 2 unspecified atom stereocenters. The van der Waals surface area contributed by atoms with Gasteiger partial charge in [-0.2, -0.15) is 0 Å².